The van der Waals surface area contributed by atoms with Gasteiger partial charge in [0.2, 0.25) is 0 Å². The van der Waals surface area contributed by atoms with Crippen LogP contribution in [0.3, 0.4) is 0 Å². The Kier molecular flexibility index (Phi) is 8.42. The van der Waals surface area contributed by atoms with E-state index in [0.717, 1.165) is 18.4 Å². The van der Waals surface area contributed by atoms with Gasteiger partial charge in [-0.2, -0.15) is 0 Å². The second kappa shape index (κ2) is 10.2. The second-order valence-corrected chi connectivity index (χ2v) is 4.51. The summed E-state index contributed by atoms with van der Waals surface area (Å²) in [5.41, 5.74) is 0.919. The Bertz CT molecular complexity index is 369. The van der Waals surface area contributed by atoms with Crippen molar-refractivity contribution in [1.82, 2.24) is 5.32 Å². The van der Waals surface area contributed by atoms with Crippen molar-refractivity contribution in [1.29, 1.82) is 0 Å². The summed E-state index contributed by atoms with van der Waals surface area (Å²) in [5, 5.41) is 11.7. The van der Waals surface area contributed by atoms with Crippen LogP contribution in [0, 0.1) is 0 Å². The zero-order valence-electron chi connectivity index (χ0n) is 11.9. The second-order valence-electron chi connectivity index (χ2n) is 4.51. The first kappa shape index (κ1) is 16.5. The molecular weight excluding hydrogens is 258 g/mol. The zero-order valence-corrected chi connectivity index (χ0v) is 11.9. The van der Waals surface area contributed by atoms with Crippen molar-refractivity contribution in [3.8, 4) is 0 Å². The summed E-state index contributed by atoms with van der Waals surface area (Å²) in [7, 11) is 0. The molecule has 5 nitrogen and oxygen atoms in total. The Morgan fingerprint density at radius 1 is 1.35 bits per heavy atom. The van der Waals surface area contributed by atoms with Crippen LogP contribution in [-0.2, 0) is 16.1 Å². The molecule has 1 atom stereocenters. The quantitative estimate of drug-likeness (QED) is 0.680. The van der Waals surface area contributed by atoms with Gasteiger partial charge in [0, 0.05) is 6.61 Å². The zero-order chi connectivity index (χ0) is 14.6. The summed E-state index contributed by atoms with van der Waals surface area (Å²) in [5.74, 6) is 0. The topological polar surface area (TPSA) is 67.8 Å². The van der Waals surface area contributed by atoms with Crippen molar-refractivity contribution in [2.75, 3.05) is 19.8 Å². The average molecular weight is 281 g/mol. The number of aliphatic hydroxyl groups excluding tert-OH is 1. The molecule has 0 fully saturated rings. The monoisotopic (exact) mass is 281 g/mol. The highest BCUT2D eigenvalue weighted by Crippen LogP contribution is 2.01. The summed E-state index contributed by atoms with van der Waals surface area (Å²) in [6.07, 6.45) is 1.47. The molecule has 0 radical (unpaired) electrons. The van der Waals surface area contributed by atoms with Crippen LogP contribution >= 0.6 is 0 Å². The average Bonchev–Trinajstić information content (AvgIpc) is 2.49. The number of nitrogens with one attached hydrogen (secondary N) is 1. The van der Waals surface area contributed by atoms with Gasteiger partial charge >= 0.3 is 6.09 Å². The molecule has 1 amide bonds. The van der Waals surface area contributed by atoms with Gasteiger partial charge in [0.25, 0.3) is 0 Å². The molecule has 112 valence electrons. The third-order valence-electron chi connectivity index (χ3n) is 2.72. The number of hydrogen-bond donors (Lipinski definition) is 2. The van der Waals surface area contributed by atoms with Crippen LogP contribution in [0.25, 0.3) is 0 Å². The van der Waals surface area contributed by atoms with Crippen LogP contribution < -0.4 is 5.32 Å². The molecule has 0 saturated carbocycles. The third-order valence-corrected chi connectivity index (χ3v) is 2.72. The highest BCUT2D eigenvalue weighted by Gasteiger charge is 2.12. The first-order valence-electron chi connectivity index (χ1n) is 6.92. The first-order chi connectivity index (χ1) is 9.76. The Morgan fingerprint density at radius 3 is 2.75 bits per heavy atom. The van der Waals surface area contributed by atoms with E-state index in [1.165, 1.54) is 0 Å². The fourth-order valence-electron chi connectivity index (χ4n) is 1.54. The molecule has 1 rings (SSSR count). The summed E-state index contributed by atoms with van der Waals surface area (Å²) in [6, 6.07) is 8.99. The van der Waals surface area contributed by atoms with Crippen LogP contribution in [0.1, 0.15) is 25.3 Å². The van der Waals surface area contributed by atoms with Crippen molar-refractivity contribution >= 4 is 6.09 Å². The third kappa shape index (κ3) is 7.11. The van der Waals surface area contributed by atoms with Crippen LogP contribution in [0.15, 0.2) is 30.3 Å². The Morgan fingerprint density at radius 2 is 2.10 bits per heavy atom. The molecule has 0 aliphatic heterocycles. The van der Waals surface area contributed by atoms with Gasteiger partial charge in [0.15, 0.2) is 0 Å². The maximum Gasteiger partial charge on any atom is 0.407 e. The normalized spacial score (nSPS) is 11.9. The smallest absolute Gasteiger partial charge is 0.407 e. The van der Waals surface area contributed by atoms with Gasteiger partial charge in [0.05, 0.1) is 19.3 Å². The number of aliphatic hydroxyl groups is 1. The minimum absolute atomic E-state index is 0.174. The van der Waals surface area contributed by atoms with E-state index in [4.69, 9.17) is 14.6 Å². The van der Waals surface area contributed by atoms with Crippen molar-refractivity contribution < 1.29 is 19.4 Å². The minimum Gasteiger partial charge on any atom is -0.445 e. The lowest BCUT2D eigenvalue weighted by atomic mass is 10.2. The maximum absolute atomic E-state index is 11.6. The number of unbranched alkanes of at least 4 members (excludes halogenated alkanes) is 1. The summed E-state index contributed by atoms with van der Waals surface area (Å²) in [4.78, 5) is 11.6. The van der Waals surface area contributed by atoms with E-state index in [9.17, 15) is 4.79 Å². The summed E-state index contributed by atoms with van der Waals surface area (Å²) >= 11 is 0. The Hall–Kier alpha value is -1.59. The van der Waals surface area contributed by atoms with E-state index < -0.39 is 12.1 Å². The standard InChI is InChI=1S/C15H23NO4/c1-2-3-9-19-12-14(10-17)16-15(18)20-11-13-7-5-4-6-8-13/h4-8,14,17H,2-3,9-12H2,1H3,(H,16,18). The van der Waals surface area contributed by atoms with E-state index in [1.807, 2.05) is 30.3 Å². The highest BCUT2D eigenvalue weighted by atomic mass is 16.5. The SMILES string of the molecule is CCCCOCC(CO)NC(=O)OCc1ccccc1. The molecule has 0 aliphatic rings. The largest absolute Gasteiger partial charge is 0.445 e. The molecule has 20 heavy (non-hydrogen) atoms. The van der Waals surface area contributed by atoms with Gasteiger partial charge in [-0.1, -0.05) is 43.7 Å². The van der Waals surface area contributed by atoms with Crippen molar-refractivity contribution in [3.05, 3.63) is 35.9 Å². The van der Waals surface area contributed by atoms with Crippen LogP contribution in [0.5, 0.6) is 0 Å². The van der Waals surface area contributed by atoms with E-state index in [-0.39, 0.29) is 19.8 Å². The van der Waals surface area contributed by atoms with Gasteiger partial charge in [-0.25, -0.2) is 4.79 Å². The number of ether oxygens (including phenoxy) is 2. The number of amides is 1. The van der Waals surface area contributed by atoms with Gasteiger partial charge < -0.3 is 19.9 Å². The number of carbonyl (C=O) groups is 1. The number of rotatable bonds is 9. The molecule has 0 spiro atoms. The number of benzene rings is 1. The van der Waals surface area contributed by atoms with Crippen LogP contribution in [-0.4, -0.2) is 37.1 Å². The first-order valence-corrected chi connectivity index (χ1v) is 6.92. The van der Waals surface area contributed by atoms with E-state index in [0.29, 0.717) is 6.61 Å². The lowest BCUT2D eigenvalue weighted by Gasteiger charge is -2.16. The van der Waals surface area contributed by atoms with Gasteiger partial charge in [-0.05, 0) is 12.0 Å². The molecule has 1 unspecified atom stereocenters. The summed E-state index contributed by atoms with van der Waals surface area (Å²) < 4.78 is 10.4. The van der Waals surface area contributed by atoms with Gasteiger partial charge in [0.1, 0.15) is 6.61 Å². The van der Waals surface area contributed by atoms with E-state index in [2.05, 4.69) is 12.2 Å². The number of hydrogen-bond acceptors (Lipinski definition) is 4. The van der Waals surface area contributed by atoms with E-state index in [1.54, 1.807) is 0 Å². The molecule has 2 N–H and O–H groups in total. The fraction of sp³-hybridized carbons (Fsp3) is 0.533. The van der Waals surface area contributed by atoms with Gasteiger partial charge in [-0.3, -0.25) is 0 Å². The predicted molar refractivity (Wildman–Crippen MR) is 76.4 cm³/mol. The highest BCUT2D eigenvalue weighted by molar-refractivity contribution is 5.67. The lowest BCUT2D eigenvalue weighted by molar-refractivity contribution is 0.0775. The van der Waals surface area contributed by atoms with Crippen LogP contribution in [0.2, 0.25) is 0 Å². The minimum atomic E-state index is -0.549. The molecule has 0 saturated heterocycles. The van der Waals surface area contributed by atoms with Crippen molar-refractivity contribution in [2.24, 2.45) is 0 Å². The molecule has 0 heterocycles. The van der Waals surface area contributed by atoms with Crippen molar-refractivity contribution in [3.63, 3.8) is 0 Å². The molecular formula is C15H23NO4. The molecule has 1 aromatic carbocycles. The van der Waals surface area contributed by atoms with E-state index >= 15 is 0 Å². The predicted octanol–water partition coefficient (Wildman–Crippen LogP) is 2.09. The van der Waals surface area contributed by atoms with Crippen LogP contribution in [0.4, 0.5) is 4.79 Å². The Labute approximate surface area is 119 Å². The lowest BCUT2D eigenvalue weighted by Crippen LogP contribution is -2.41. The molecule has 0 aliphatic carbocycles. The molecule has 0 bridgehead atoms. The van der Waals surface area contributed by atoms with Gasteiger partial charge in [-0.15, -0.1) is 0 Å². The fourth-order valence-corrected chi connectivity index (χ4v) is 1.54. The maximum atomic E-state index is 11.6. The number of alkyl carbamates (subject to hydrolysis) is 1. The van der Waals surface area contributed by atoms with Crippen molar-refractivity contribution in [2.45, 2.75) is 32.4 Å². The molecule has 0 aromatic heterocycles. The Balaban J connectivity index is 2.21. The number of carbonyl (C=O) groups excluding carboxylic acids is 1. The molecule has 5 heteroatoms. The summed E-state index contributed by atoms with van der Waals surface area (Å²) in [6.45, 7) is 3.03. The molecule has 1 aromatic rings.